The zero-order valence-electron chi connectivity index (χ0n) is 26.1. The van der Waals surface area contributed by atoms with Crippen LogP contribution in [0.1, 0.15) is 87.4 Å². The van der Waals surface area contributed by atoms with Crippen LogP contribution in [0.2, 0.25) is 0 Å². The highest BCUT2D eigenvalue weighted by atomic mass is 32.1. The zero-order valence-corrected chi connectivity index (χ0v) is 26.9. The number of hydrogen-bond donors (Lipinski definition) is 0. The van der Waals surface area contributed by atoms with Crippen molar-refractivity contribution in [2.24, 2.45) is 5.92 Å². The molecule has 1 unspecified atom stereocenters. The van der Waals surface area contributed by atoms with Gasteiger partial charge in [0, 0.05) is 36.1 Å². The van der Waals surface area contributed by atoms with Gasteiger partial charge in [0.2, 0.25) is 0 Å². The molecule has 4 rings (SSSR count). The number of benzene rings is 2. The Morgan fingerprint density at radius 1 is 1.07 bits per heavy atom. The normalized spacial score (nSPS) is 20.9. The predicted molar refractivity (Wildman–Crippen MR) is 166 cm³/mol. The number of carbonyl (C=O) groups excluding carboxylic acids is 2. The molecule has 1 aliphatic heterocycles. The molecular formula is C34H44N2O5S. The molecule has 1 aromatic heterocycles. The van der Waals surface area contributed by atoms with E-state index in [1.54, 1.807) is 24.3 Å². The number of likely N-dealkylation sites (tertiary alicyclic amines) is 1. The van der Waals surface area contributed by atoms with Gasteiger partial charge in [0.05, 0.1) is 19.8 Å². The molecule has 1 fully saturated rings. The van der Waals surface area contributed by atoms with Crippen LogP contribution in [0.25, 0.3) is 0 Å². The topological polar surface area (TPSA) is 78.0 Å². The van der Waals surface area contributed by atoms with Gasteiger partial charge in [-0.05, 0) is 62.8 Å². The third-order valence-electron chi connectivity index (χ3n) is 7.62. The van der Waals surface area contributed by atoms with Crippen LogP contribution in [-0.2, 0) is 26.1 Å². The Balaban J connectivity index is 1.95. The maximum atomic E-state index is 14.9. The highest BCUT2D eigenvalue weighted by Crippen LogP contribution is 2.51. The summed E-state index contributed by atoms with van der Waals surface area (Å²) >= 11 is 1.48. The van der Waals surface area contributed by atoms with Crippen molar-refractivity contribution >= 4 is 23.2 Å². The molecule has 1 amide bonds. The summed E-state index contributed by atoms with van der Waals surface area (Å²) in [6, 6.07) is 14.9. The zero-order chi connectivity index (χ0) is 30.7. The van der Waals surface area contributed by atoms with E-state index in [2.05, 4.69) is 25.8 Å². The number of aromatic nitrogens is 1. The molecule has 0 N–H and O–H groups in total. The number of nitrogens with zero attached hydrogens (tertiary/aromatic N) is 2. The van der Waals surface area contributed by atoms with E-state index in [1.165, 1.54) is 11.3 Å². The molecule has 3 aromatic rings. The van der Waals surface area contributed by atoms with E-state index in [0.29, 0.717) is 37.4 Å². The molecule has 0 radical (unpaired) electrons. The molecule has 42 heavy (non-hydrogen) atoms. The van der Waals surface area contributed by atoms with Crippen LogP contribution in [0.3, 0.4) is 0 Å². The van der Waals surface area contributed by atoms with Crippen molar-refractivity contribution in [1.29, 1.82) is 0 Å². The molecule has 7 nitrogen and oxygen atoms in total. The molecule has 3 atom stereocenters. The first-order valence-electron chi connectivity index (χ1n) is 14.6. The largest absolute Gasteiger partial charge is 0.496 e. The fourth-order valence-electron chi connectivity index (χ4n) is 5.85. The fourth-order valence-corrected chi connectivity index (χ4v) is 6.67. The Bertz CT molecular complexity index is 1360. The average molecular weight is 593 g/mol. The Labute approximate surface area is 254 Å². The third kappa shape index (κ3) is 6.70. The van der Waals surface area contributed by atoms with E-state index >= 15 is 0 Å². The van der Waals surface area contributed by atoms with Gasteiger partial charge in [-0.25, -0.2) is 9.78 Å². The van der Waals surface area contributed by atoms with E-state index < -0.39 is 23.2 Å². The van der Waals surface area contributed by atoms with Gasteiger partial charge >= 0.3 is 5.97 Å². The first kappa shape index (κ1) is 31.7. The van der Waals surface area contributed by atoms with Gasteiger partial charge in [0.15, 0.2) is 0 Å². The number of esters is 1. The van der Waals surface area contributed by atoms with Gasteiger partial charge in [-0.2, -0.15) is 0 Å². The lowest BCUT2D eigenvalue weighted by atomic mass is 9.84. The average Bonchev–Trinajstić information content (AvgIpc) is 3.57. The highest BCUT2D eigenvalue weighted by molar-refractivity contribution is 7.09. The summed E-state index contributed by atoms with van der Waals surface area (Å²) in [4.78, 5) is 35.8. The van der Waals surface area contributed by atoms with Crippen LogP contribution in [0, 0.1) is 5.92 Å². The third-order valence-corrected chi connectivity index (χ3v) is 8.47. The first-order valence-corrected chi connectivity index (χ1v) is 15.5. The molecule has 0 saturated carbocycles. The van der Waals surface area contributed by atoms with Gasteiger partial charge in [0.1, 0.15) is 21.9 Å². The number of rotatable bonds is 9. The quantitative estimate of drug-likeness (QED) is 0.249. The fraction of sp³-hybridized carbons (Fsp3) is 0.500. The Kier molecular flexibility index (Phi) is 9.48. The van der Waals surface area contributed by atoms with Gasteiger partial charge in [-0.15, -0.1) is 11.3 Å². The van der Waals surface area contributed by atoms with Gasteiger partial charge in [0.25, 0.3) is 5.91 Å². The van der Waals surface area contributed by atoms with Gasteiger partial charge in [-0.3, -0.25) is 4.79 Å². The van der Waals surface area contributed by atoms with E-state index in [1.807, 2.05) is 75.5 Å². The smallest absolute Gasteiger partial charge is 0.332 e. The lowest BCUT2D eigenvalue weighted by Crippen LogP contribution is -2.57. The van der Waals surface area contributed by atoms with E-state index in [4.69, 9.17) is 14.2 Å². The minimum Gasteiger partial charge on any atom is -0.496 e. The molecule has 0 aliphatic carbocycles. The number of hydrogen-bond acceptors (Lipinski definition) is 7. The second-order valence-corrected chi connectivity index (χ2v) is 13.9. The van der Waals surface area contributed by atoms with E-state index in [-0.39, 0.29) is 17.2 Å². The molecule has 0 bridgehead atoms. The van der Waals surface area contributed by atoms with Crippen molar-refractivity contribution in [3.05, 3.63) is 81.8 Å². The molecule has 2 heterocycles. The Morgan fingerprint density at radius 3 is 2.36 bits per heavy atom. The molecule has 226 valence electrons. The van der Waals surface area contributed by atoms with Crippen LogP contribution in [-0.4, -0.2) is 53.2 Å². The number of thiazole rings is 1. The van der Waals surface area contributed by atoms with Crippen molar-refractivity contribution in [2.45, 2.75) is 83.9 Å². The first-order chi connectivity index (χ1) is 19.8. The Morgan fingerprint density at radius 2 is 1.79 bits per heavy atom. The second-order valence-electron chi connectivity index (χ2n) is 13.0. The van der Waals surface area contributed by atoms with E-state index in [0.717, 1.165) is 16.1 Å². The lowest BCUT2D eigenvalue weighted by molar-refractivity contribution is -0.167. The molecular weight excluding hydrogens is 548 g/mol. The number of carbonyl (C=O) groups is 2. The standard InChI is InChI=1S/C34H44N2O5S/c1-9-40-22-25-21-34(31(38)41-33(5,6)7,20-23-13-11-10-12-14-23)36(28(25)29-35-17-18-42-29)30(37)24-15-16-26(32(2,3)4)27(19-24)39-8/h10-19,25,28H,9,20-22H2,1-8H3/t25?,28-,34+/m1/s1. The van der Waals surface area contributed by atoms with Crippen LogP contribution in [0.15, 0.2) is 60.1 Å². The van der Waals surface area contributed by atoms with Crippen molar-refractivity contribution in [3.8, 4) is 5.75 Å². The SMILES string of the molecule is CCOCC1C[C@@](Cc2ccccc2)(C(=O)OC(C)(C)C)N(C(=O)c2ccc(C(C)(C)C)c(OC)c2)[C@H]1c1nccs1. The number of amides is 1. The van der Waals surface area contributed by atoms with Crippen LogP contribution in [0.4, 0.5) is 0 Å². The van der Waals surface area contributed by atoms with Crippen LogP contribution >= 0.6 is 11.3 Å². The second kappa shape index (κ2) is 12.6. The summed E-state index contributed by atoms with van der Waals surface area (Å²) in [6.45, 7) is 14.8. The summed E-state index contributed by atoms with van der Waals surface area (Å²) < 4.78 is 17.9. The molecule has 0 spiro atoms. The lowest BCUT2D eigenvalue weighted by Gasteiger charge is -2.40. The minimum absolute atomic E-state index is 0.174. The van der Waals surface area contributed by atoms with Crippen molar-refractivity contribution < 1.29 is 23.8 Å². The molecule has 2 aromatic carbocycles. The van der Waals surface area contributed by atoms with Crippen LogP contribution < -0.4 is 4.74 Å². The van der Waals surface area contributed by atoms with E-state index in [9.17, 15) is 9.59 Å². The summed E-state index contributed by atoms with van der Waals surface area (Å²) in [5.41, 5.74) is 0.161. The summed E-state index contributed by atoms with van der Waals surface area (Å²) in [5.74, 6) is -0.233. The molecule has 1 aliphatic rings. The van der Waals surface area contributed by atoms with Gasteiger partial charge < -0.3 is 19.1 Å². The molecule has 8 heteroatoms. The minimum atomic E-state index is -1.29. The van der Waals surface area contributed by atoms with Gasteiger partial charge in [-0.1, -0.05) is 57.2 Å². The summed E-state index contributed by atoms with van der Waals surface area (Å²) in [6.07, 6.45) is 2.42. The monoisotopic (exact) mass is 592 g/mol. The number of methoxy groups -OCH3 is 1. The van der Waals surface area contributed by atoms with Crippen molar-refractivity contribution in [2.75, 3.05) is 20.3 Å². The number of ether oxygens (including phenoxy) is 3. The van der Waals surface area contributed by atoms with Crippen LogP contribution in [0.5, 0.6) is 5.75 Å². The maximum absolute atomic E-state index is 14.9. The summed E-state index contributed by atoms with van der Waals surface area (Å²) in [7, 11) is 1.62. The maximum Gasteiger partial charge on any atom is 0.332 e. The predicted octanol–water partition coefficient (Wildman–Crippen LogP) is 7.01. The summed E-state index contributed by atoms with van der Waals surface area (Å²) in [5, 5.41) is 2.67. The molecule has 1 saturated heterocycles. The highest BCUT2D eigenvalue weighted by Gasteiger charge is 2.60. The van der Waals surface area contributed by atoms with Crippen molar-refractivity contribution in [1.82, 2.24) is 9.88 Å². The Hall–Kier alpha value is -3.23. The van der Waals surface area contributed by atoms with Crippen molar-refractivity contribution in [3.63, 3.8) is 0 Å².